The molecule has 1 N–H and O–H groups in total. The first kappa shape index (κ1) is 14.4. The van der Waals surface area contributed by atoms with Crippen LogP contribution in [0.15, 0.2) is 0 Å². The van der Waals surface area contributed by atoms with E-state index in [1.54, 1.807) is 0 Å². The number of ether oxygens (including phenoxy) is 1. The Morgan fingerprint density at radius 1 is 1.00 bits per heavy atom. The van der Waals surface area contributed by atoms with Crippen LogP contribution in [0.1, 0.15) is 12.8 Å². The molecule has 0 atom stereocenters. The van der Waals surface area contributed by atoms with Gasteiger partial charge in [0.15, 0.2) is 8.32 Å². The highest BCUT2D eigenvalue weighted by Crippen LogP contribution is 2.10. The molecule has 4 heteroatoms. The second kappa shape index (κ2) is 6.05. The maximum Gasteiger partial charge on any atom is 0.182 e. The van der Waals surface area contributed by atoms with E-state index < -0.39 is 16.4 Å². The molecule has 0 heterocycles. The van der Waals surface area contributed by atoms with Crippen molar-refractivity contribution in [3.63, 3.8) is 0 Å². The molecule has 0 amide bonds. The van der Waals surface area contributed by atoms with Crippen molar-refractivity contribution in [1.82, 2.24) is 0 Å². The summed E-state index contributed by atoms with van der Waals surface area (Å²) in [6.45, 7) is 11.8. The van der Waals surface area contributed by atoms with Gasteiger partial charge < -0.3 is 9.53 Å². The average molecular weight is 234 g/mol. The van der Waals surface area contributed by atoms with Gasteiger partial charge in [-0.15, -0.1) is 0 Å². The third-order valence-electron chi connectivity index (χ3n) is 1.86. The van der Waals surface area contributed by atoms with Crippen molar-refractivity contribution >= 4 is 16.4 Å². The highest BCUT2D eigenvalue weighted by molar-refractivity contribution is 6.76. The van der Waals surface area contributed by atoms with Crippen LogP contribution in [0.5, 0.6) is 0 Å². The minimum atomic E-state index is -1.80. The second-order valence-electron chi connectivity index (χ2n) is 5.88. The zero-order chi connectivity index (χ0) is 11.2. The molecule has 0 aromatic heterocycles. The highest BCUT2D eigenvalue weighted by atomic mass is 28.4. The van der Waals surface area contributed by atoms with Crippen molar-refractivity contribution in [3.8, 4) is 0 Å². The monoisotopic (exact) mass is 234 g/mol. The van der Waals surface area contributed by atoms with Crippen molar-refractivity contribution in [2.45, 2.75) is 51.6 Å². The number of hydrogen-bond acceptors (Lipinski definition) is 2. The minimum Gasteiger partial charge on any atom is -0.432 e. The van der Waals surface area contributed by atoms with E-state index >= 15 is 0 Å². The molecular formula is C10H26O2Si2. The first-order chi connectivity index (χ1) is 6.21. The van der Waals surface area contributed by atoms with Gasteiger partial charge in [-0.1, -0.05) is 26.1 Å². The molecule has 0 aromatic rings. The van der Waals surface area contributed by atoms with E-state index in [2.05, 4.69) is 19.6 Å². The van der Waals surface area contributed by atoms with E-state index in [0.717, 1.165) is 31.7 Å². The molecule has 0 bridgehead atoms. The van der Waals surface area contributed by atoms with Crippen LogP contribution in [0.4, 0.5) is 0 Å². The molecule has 14 heavy (non-hydrogen) atoms. The molecule has 2 nitrogen and oxygen atoms in total. The van der Waals surface area contributed by atoms with Crippen LogP contribution in [-0.4, -0.2) is 34.0 Å². The van der Waals surface area contributed by atoms with Gasteiger partial charge in [0, 0.05) is 12.8 Å². The summed E-state index contributed by atoms with van der Waals surface area (Å²) in [7, 11) is -2.82. The van der Waals surface area contributed by atoms with Gasteiger partial charge in [-0.3, -0.25) is 0 Å². The standard InChI is InChI=1S/C10H26O2Si2/c1-13(2,3)10-12-8-6-7-9-14(4,5)11/h11H,6-10H2,1-5H3. The van der Waals surface area contributed by atoms with Gasteiger partial charge in [0.2, 0.25) is 0 Å². The fraction of sp³-hybridized carbons (Fsp3) is 1.00. The molecule has 0 rings (SSSR count). The van der Waals surface area contributed by atoms with Crippen molar-refractivity contribution in [1.29, 1.82) is 0 Å². The van der Waals surface area contributed by atoms with Gasteiger partial charge in [-0.25, -0.2) is 0 Å². The summed E-state index contributed by atoms with van der Waals surface area (Å²) in [5, 5.41) is 0. The largest absolute Gasteiger partial charge is 0.432 e. The molecule has 0 spiro atoms. The van der Waals surface area contributed by atoms with E-state index in [0.29, 0.717) is 0 Å². The molecule has 0 aliphatic carbocycles. The molecule has 0 saturated heterocycles. The second-order valence-corrected chi connectivity index (χ2v) is 15.4. The lowest BCUT2D eigenvalue weighted by molar-refractivity contribution is 0.169. The zero-order valence-electron chi connectivity index (χ0n) is 10.4. The first-order valence-electron chi connectivity index (χ1n) is 5.51. The van der Waals surface area contributed by atoms with E-state index in [-0.39, 0.29) is 0 Å². The van der Waals surface area contributed by atoms with Crippen LogP contribution in [0, 0.1) is 0 Å². The number of rotatable bonds is 7. The molecule has 0 saturated carbocycles. The lowest BCUT2D eigenvalue weighted by Gasteiger charge is -2.16. The highest BCUT2D eigenvalue weighted by Gasteiger charge is 2.16. The average Bonchev–Trinajstić information content (AvgIpc) is 1.92. The van der Waals surface area contributed by atoms with Gasteiger partial charge in [0.1, 0.15) is 0 Å². The minimum absolute atomic E-state index is 0.870. The third kappa shape index (κ3) is 12.4. The molecule has 0 radical (unpaired) electrons. The van der Waals surface area contributed by atoms with E-state index in [1.165, 1.54) is 0 Å². The van der Waals surface area contributed by atoms with Crippen LogP contribution < -0.4 is 0 Å². The number of hydrogen-bond donors (Lipinski definition) is 1. The Morgan fingerprint density at radius 2 is 1.57 bits per heavy atom. The topological polar surface area (TPSA) is 29.5 Å². The van der Waals surface area contributed by atoms with Gasteiger partial charge in [0.25, 0.3) is 0 Å². The Hall–Kier alpha value is 0.354. The molecule has 0 aliphatic rings. The summed E-state index contributed by atoms with van der Waals surface area (Å²) in [6.07, 6.45) is 3.18. The predicted octanol–water partition coefficient (Wildman–Crippen LogP) is 2.86. The van der Waals surface area contributed by atoms with E-state index in [9.17, 15) is 4.80 Å². The van der Waals surface area contributed by atoms with Crippen molar-refractivity contribution < 1.29 is 9.53 Å². The van der Waals surface area contributed by atoms with Crippen LogP contribution in [0.2, 0.25) is 38.8 Å². The van der Waals surface area contributed by atoms with Crippen LogP contribution in [0.3, 0.4) is 0 Å². The maximum atomic E-state index is 9.61. The fourth-order valence-electron chi connectivity index (χ4n) is 1.14. The summed E-state index contributed by atoms with van der Waals surface area (Å²) >= 11 is 0. The van der Waals surface area contributed by atoms with E-state index in [4.69, 9.17) is 4.74 Å². The Bertz CT molecular complexity index is 129. The molecular weight excluding hydrogens is 208 g/mol. The number of unbranched alkanes of at least 4 members (excludes halogenated alkanes) is 1. The van der Waals surface area contributed by atoms with Gasteiger partial charge in [-0.05, 0) is 25.6 Å². The van der Waals surface area contributed by atoms with E-state index in [1.807, 2.05) is 13.1 Å². The zero-order valence-corrected chi connectivity index (χ0v) is 12.4. The Balaban J connectivity index is 3.23. The van der Waals surface area contributed by atoms with Crippen molar-refractivity contribution in [3.05, 3.63) is 0 Å². The van der Waals surface area contributed by atoms with Gasteiger partial charge >= 0.3 is 0 Å². The summed E-state index contributed by atoms with van der Waals surface area (Å²) in [5.41, 5.74) is 0. The van der Waals surface area contributed by atoms with Crippen molar-refractivity contribution in [2.75, 3.05) is 12.8 Å². The molecule has 0 aromatic carbocycles. The lowest BCUT2D eigenvalue weighted by atomic mass is 10.4. The predicted molar refractivity (Wildman–Crippen MR) is 67.9 cm³/mol. The first-order valence-corrected chi connectivity index (χ1v) is 12.4. The molecule has 86 valence electrons. The summed E-state index contributed by atoms with van der Waals surface area (Å²) in [6, 6.07) is 1.00. The maximum absolute atomic E-state index is 9.61. The van der Waals surface area contributed by atoms with Gasteiger partial charge in [-0.2, -0.15) is 0 Å². The van der Waals surface area contributed by atoms with Crippen LogP contribution >= 0.6 is 0 Å². The summed E-state index contributed by atoms with van der Waals surface area (Å²) in [4.78, 5) is 9.61. The molecule has 0 aliphatic heterocycles. The van der Waals surface area contributed by atoms with Crippen LogP contribution in [-0.2, 0) is 4.74 Å². The normalized spacial score (nSPS) is 13.3. The van der Waals surface area contributed by atoms with Crippen molar-refractivity contribution in [2.24, 2.45) is 0 Å². The fourth-order valence-corrected chi connectivity index (χ4v) is 3.01. The summed E-state index contributed by atoms with van der Waals surface area (Å²) in [5.74, 6) is 0. The molecule has 0 fully saturated rings. The quantitative estimate of drug-likeness (QED) is 0.542. The Labute approximate surface area is 90.8 Å². The molecule has 0 unspecified atom stereocenters. The Kier molecular flexibility index (Phi) is 6.20. The third-order valence-corrected chi connectivity index (χ3v) is 4.51. The van der Waals surface area contributed by atoms with Gasteiger partial charge in [0.05, 0.1) is 8.07 Å². The Morgan fingerprint density at radius 3 is 2.00 bits per heavy atom. The SMILES string of the molecule is C[Si](C)(C)COCCCC[Si](C)(C)O. The van der Waals surface area contributed by atoms with Crippen LogP contribution in [0.25, 0.3) is 0 Å². The smallest absolute Gasteiger partial charge is 0.182 e. The summed E-state index contributed by atoms with van der Waals surface area (Å²) < 4.78 is 5.61. The lowest BCUT2D eigenvalue weighted by Crippen LogP contribution is -2.28.